The number of rotatable bonds is 0. The first-order valence-electron chi connectivity index (χ1n) is 5.86. The van der Waals surface area contributed by atoms with E-state index in [0.29, 0.717) is 5.56 Å². The third-order valence-electron chi connectivity index (χ3n) is 3.80. The van der Waals surface area contributed by atoms with Gasteiger partial charge in [0.1, 0.15) is 11.4 Å². The number of ether oxygens (including phenoxy) is 1. The molecule has 1 aromatic rings. The molecule has 0 unspecified atom stereocenters. The van der Waals surface area contributed by atoms with Crippen LogP contribution in [0.5, 0.6) is 5.75 Å². The van der Waals surface area contributed by atoms with Crippen LogP contribution >= 0.6 is 0 Å². The summed E-state index contributed by atoms with van der Waals surface area (Å²) in [6.45, 7) is 1.85. The molecule has 0 bridgehead atoms. The highest BCUT2D eigenvalue weighted by Crippen LogP contribution is 2.44. The van der Waals surface area contributed by atoms with Gasteiger partial charge in [0.2, 0.25) is 0 Å². The third kappa shape index (κ3) is 1.52. The van der Waals surface area contributed by atoms with Crippen molar-refractivity contribution in [2.24, 2.45) is 0 Å². The Morgan fingerprint density at radius 2 is 2.06 bits per heavy atom. The molecule has 17 heavy (non-hydrogen) atoms. The van der Waals surface area contributed by atoms with Crippen LogP contribution in [0.4, 0.5) is 0 Å². The average Bonchev–Trinajstić information content (AvgIpc) is 2.57. The summed E-state index contributed by atoms with van der Waals surface area (Å²) in [5, 5.41) is 9.43. The van der Waals surface area contributed by atoms with Gasteiger partial charge in [0.05, 0.1) is 5.56 Å². The quantitative estimate of drug-likeness (QED) is 0.690. The fourth-order valence-corrected chi connectivity index (χ4v) is 2.74. The van der Waals surface area contributed by atoms with Crippen molar-refractivity contribution in [2.75, 3.05) is 20.1 Å². The Labute approximate surface area is 99.8 Å². The Morgan fingerprint density at radius 3 is 2.76 bits per heavy atom. The second kappa shape index (κ2) is 3.47. The van der Waals surface area contributed by atoms with E-state index >= 15 is 0 Å². The number of hydrogen-bond donors (Lipinski definition) is 1. The van der Waals surface area contributed by atoms with Crippen molar-refractivity contribution in [2.45, 2.75) is 18.4 Å². The second-order valence-corrected chi connectivity index (χ2v) is 4.92. The summed E-state index contributed by atoms with van der Waals surface area (Å²) in [6.07, 6.45) is 1.65. The van der Waals surface area contributed by atoms with Crippen LogP contribution in [-0.2, 0) is 10.3 Å². The molecule has 90 valence electrons. The van der Waals surface area contributed by atoms with Gasteiger partial charge in [-0.1, -0.05) is 6.07 Å². The monoisotopic (exact) mass is 233 g/mol. The number of likely N-dealkylation sites (tertiary alicyclic amines) is 1. The van der Waals surface area contributed by atoms with Crippen LogP contribution in [-0.4, -0.2) is 36.1 Å². The lowest BCUT2D eigenvalue weighted by Gasteiger charge is -2.36. The zero-order valence-electron chi connectivity index (χ0n) is 9.77. The predicted octanol–water partition coefficient (Wildman–Crippen LogP) is 1.48. The smallest absolute Gasteiger partial charge is 0.339 e. The van der Waals surface area contributed by atoms with Crippen LogP contribution in [0.15, 0.2) is 18.2 Å². The zero-order valence-corrected chi connectivity index (χ0v) is 9.77. The molecule has 2 aliphatic rings. The van der Waals surface area contributed by atoms with E-state index in [1.807, 2.05) is 6.07 Å². The fraction of sp³-hybridized carbons (Fsp3) is 0.462. The molecule has 4 nitrogen and oxygen atoms in total. The standard InChI is InChI=1S/C13H15NO3/c1-14-6-4-13(5-7-14)11-3-2-9(15)8-10(11)12(16)17-13/h2-3,8,15H,4-7H2,1H3. The molecular formula is C13H15NO3. The molecule has 1 spiro atoms. The summed E-state index contributed by atoms with van der Waals surface area (Å²) in [6, 6.07) is 4.95. The van der Waals surface area contributed by atoms with E-state index in [1.165, 1.54) is 6.07 Å². The minimum atomic E-state index is -0.452. The van der Waals surface area contributed by atoms with Gasteiger partial charge in [0.15, 0.2) is 0 Å². The molecular weight excluding hydrogens is 218 g/mol. The summed E-state index contributed by atoms with van der Waals surface area (Å²) in [5.74, 6) is -0.189. The van der Waals surface area contributed by atoms with Gasteiger partial charge in [-0.3, -0.25) is 0 Å². The van der Waals surface area contributed by atoms with Gasteiger partial charge in [-0.15, -0.1) is 0 Å². The number of esters is 1. The number of piperidine rings is 1. The zero-order chi connectivity index (χ0) is 12.0. The molecule has 1 N–H and O–H groups in total. The highest BCUT2D eigenvalue weighted by molar-refractivity contribution is 5.95. The molecule has 1 aromatic carbocycles. The largest absolute Gasteiger partial charge is 0.508 e. The van der Waals surface area contributed by atoms with Crippen molar-refractivity contribution in [1.29, 1.82) is 0 Å². The Bertz CT molecular complexity index is 476. The number of hydrogen-bond acceptors (Lipinski definition) is 4. The minimum absolute atomic E-state index is 0.116. The molecule has 0 atom stereocenters. The SMILES string of the molecule is CN1CCC2(CC1)OC(=O)c1cc(O)ccc12. The van der Waals surface area contributed by atoms with Crippen LogP contribution in [0.2, 0.25) is 0 Å². The number of carbonyl (C=O) groups is 1. The number of phenols is 1. The van der Waals surface area contributed by atoms with Gasteiger partial charge in [-0.2, -0.15) is 0 Å². The van der Waals surface area contributed by atoms with E-state index in [2.05, 4.69) is 11.9 Å². The van der Waals surface area contributed by atoms with Crippen molar-refractivity contribution < 1.29 is 14.6 Å². The molecule has 0 aromatic heterocycles. The Kier molecular flexibility index (Phi) is 2.16. The average molecular weight is 233 g/mol. The lowest BCUT2D eigenvalue weighted by molar-refractivity contribution is -0.0394. The van der Waals surface area contributed by atoms with Crippen LogP contribution in [0.1, 0.15) is 28.8 Å². The molecule has 3 rings (SSSR count). The maximum absolute atomic E-state index is 11.8. The summed E-state index contributed by atoms with van der Waals surface area (Å²) < 4.78 is 5.59. The van der Waals surface area contributed by atoms with E-state index in [1.54, 1.807) is 6.07 Å². The minimum Gasteiger partial charge on any atom is -0.508 e. The third-order valence-corrected chi connectivity index (χ3v) is 3.80. The normalized spacial score (nSPS) is 22.5. The van der Waals surface area contributed by atoms with Gasteiger partial charge in [-0.25, -0.2) is 4.79 Å². The van der Waals surface area contributed by atoms with Crippen molar-refractivity contribution in [3.63, 3.8) is 0 Å². The molecule has 1 saturated heterocycles. The summed E-state index contributed by atoms with van der Waals surface area (Å²) in [4.78, 5) is 14.1. The maximum Gasteiger partial charge on any atom is 0.339 e. The van der Waals surface area contributed by atoms with Crippen LogP contribution in [0.25, 0.3) is 0 Å². The van der Waals surface area contributed by atoms with Crippen LogP contribution in [0.3, 0.4) is 0 Å². The lowest BCUT2D eigenvalue weighted by atomic mass is 9.84. The topological polar surface area (TPSA) is 49.8 Å². The van der Waals surface area contributed by atoms with Crippen molar-refractivity contribution in [1.82, 2.24) is 4.90 Å². The van der Waals surface area contributed by atoms with E-state index < -0.39 is 5.60 Å². The first kappa shape index (κ1) is 10.6. The Balaban J connectivity index is 2.04. The number of fused-ring (bicyclic) bond motifs is 2. The Hall–Kier alpha value is -1.55. The number of carbonyl (C=O) groups excluding carboxylic acids is 1. The van der Waals surface area contributed by atoms with E-state index in [9.17, 15) is 9.90 Å². The number of benzene rings is 1. The molecule has 0 radical (unpaired) electrons. The van der Waals surface area contributed by atoms with E-state index in [4.69, 9.17) is 4.74 Å². The molecule has 0 aliphatic carbocycles. The lowest BCUT2D eigenvalue weighted by Crippen LogP contribution is -2.40. The second-order valence-electron chi connectivity index (χ2n) is 4.92. The van der Waals surface area contributed by atoms with Crippen molar-refractivity contribution >= 4 is 5.97 Å². The summed E-state index contributed by atoms with van der Waals surface area (Å²) in [7, 11) is 2.07. The first-order chi connectivity index (χ1) is 8.11. The van der Waals surface area contributed by atoms with Crippen molar-refractivity contribution in [3.05, 3.63) is 29.3 Å². The maximum atomic E-state index is 11.8. The summed E-state index contributed by atoms with van der Waals surface area (Å²) in [5.41, 5.74) is 1.01. The summed E-state index contributed by atoms with van der Waals surface area (Å²) >= 11 is 0. The molecule has 2 heterocycles. The highest BCUT2D eigenvalue weighted by Gasteiger charge is 2.46. The highest BCUT2D eigenvalue weighted by atomic mass is 16.6. The van der Waals surface area contributed by atoms with Crippen molar-refractivity contribution in [3.8, 4) is 5.75 Å². The van der Waals surface area contributed by atoms with Gasteiger partial charge in [0, 0.05) is 31.5 Å². The first-order valence-corrected chi connectivity index (χ1v) is 5.86. The predicted molar refractivity (Wildman–Crippen MR) is 61.9 cm³/mol. The number of nitrogens with zero attached hydrogens (tertiary/aromatic N) is 1. The van der Waals surface area contributed by atoms with Crippen LogP contribution in [0, 0.1) is 0 Å². The van der Waals surface area contributed by atoms with Gasteiger partial charge >= 0.3 is 5.97 Å². The number of aromatic hydroxyl groups is 1. The number of phenolic OH excluding ortho intramolecular Hbond substituents is 1. The molecule has 4 heteroatoms. The van der Waals surface area contributed by atoms with Crippen LogP contribution < -0.4 is 0 Å². The van der Waals surface area contributed by atoms with Gasteiger partial charge in [0.25, 0.3) is 0 Å². The van der Waals surface area contributed by atoms with Gasteiger partial charge in [-0.05, 0) is 19.2 Å². The molecule has 0 amide bonds. The molecule has 2 aliphatic heterocycles. The van der Waals surface area contributed by atoms with E-state index in [-0.39, 0.29) is 11.7 Å². The van der Waals surface area contributed by atoms with Gasteiger partial charge < -0.3 is 14.7 Å². The molecule has 1 fully saturated rings. The fourth-order valence-electron chi connectivity index (χ4n) is 2.74. The molecule has 0 saturated carbocycles. The van der Waals surface area contributed by atoms with E-state index in [0.717, 1.165) is 31.5 Å². The Morgan fingerprint density at radius 1 is 1.35 bits per heavy atom.